The van der Waals surface area contributed by atoms with E-state index in [1.165, 1.54) is 12.1 Å². The first-order valence-corrected chi connectivity index (χ1v) is 5.72. The number of aryl methyl sites for hydroxylation is 1. The molecule has 2 aromatic carbocycles. The summed E-state index contributed by atoms with van der Waals surface area (Å²) in [7, 11) is 0. The smallest absolute Gasteiger partial charge is 0.314 e. The van der Waals surface area contributed by atoms with E-state index in [9.17, 15) is 15.2 Å². The van der Waals surface area contributed by atoms with Gasteiger partial charge in [0.1, 0.15) is 12.4 Å². The van der Waals surface area contributed by atoms with Crippen molar-refractivity contribution < 1.29 is 14.8 Å². The van der Waals surface area contributed by atoms with Crippen molar-refractivity contribution in [3.63, 3.8) is 0 Å². The first kappa shape index (κ1) is 12.9. The second-order valence-corrected chi connectivity index (χ2v) is 4.14. The molecule has 2 aromatic rings. The molecule has 0 heterocycles. The topological polar surface area (TPSA) is 72.6 Å². The molecule has 0 amide bonds. The molecule has 5 heteroatoms. The molecular weight excluding hydrogens is 246 g/mol. The van der Waals surface area contributed by atoms with Crippen LogP contribution < -0.4 is 4.74 Å². The van der Waals surface area contributed by atoms with Gasteiger partial charge in [-0.05, 0) is 18.6 Å². The molecule has 0 saturated carbocycles. The van der Waals surface area contributed by atoms with Gasteiger partial charge in [-0.15, -0.1) is 0 Å². The van der Waals surface area contributed by atoms with Crippen LogP contribution in [0.5, 0.6) is 11.5 Å². The highest BCUT2D eigenvalue weighted by Crippen LogP contribution is 2.34. The Hall–Kier alpha value is -2.56. The third-order valence-corrected chi connectivity index (χ3v) is 2.67. The van der Waals surface area contributed by atoms with Crippen molar-refractivity contribution in [2.75, 3.05) is 0 Å². The lowest BCUT2D eigenvalue weighted by Gasteiger charge is -2.09. The number of hydrogen-bond donors (Lipinski definition) is 1. The Kier molecular flexibility index (Phi) is 3.66. The Balaban J connectivity index is 2.27. The average molecular weight is 259 g/mol. The van der Waals surface area contributed by atoms with Crippen LogP contribution in [0.2, 0.25) is 0 Å². The predicted octanol–water partition coefficient (Wildman–Crippen LogP) is 3.19. The van der Waals surface area contributed by atoms with Crippen LogP contribution in [-0.4, -0.2) is 10.0 Å². The summed E-state index contributed by atoms with van der Waals surface area (Å²) in [6.07, 6.45) is 0. The molecule has 0 unspecified atom stereocenters. The predicted molar refractivity (Wildman–Crippen MR) is 70.3 cm³/mol. The van der Waals surface area contributed by atoms with Gasteiger partial charge in [0.2, 0.25) is 5.75 Å². The molecule has 2 rings (SSSR count). The minimum absolute atomic E-state index is 0.0499. The molecule has 0 radical (unpaired) electrons. The number of hydrogen-bond acceptors (Lipinski definition) is 4. The fourth-order valence-corrected chi connectivity index (χ4v) is 1.81. The summed E-state index contributed by atoms with van der Waals surface area (Å²) in [6, 6.07) is 11.9. The zero-order valence-corrected chi connectivity index (χ0v) is 10.4. The van der Waals surface area contributed by atoms with Gasteiger partial charge >= 0.3 is 5.69 Å². The summed E-state index contributed by atoms with van der Waals surface area (Å²) >= 11 is 0. The largest absolute Gasteiger partial charge is 0.508 e. The lowest BCUT2D eigenvalue weighted by molar-refractivity contribution is -0.386. The zero-order valence-electron chi connectivity index (χ0n) is 10.4. The number of phenolic OH excluding ortho intramolecular Hbond substituents is 1. The van der Waals surface area contributed by atoms with E-state index in [1.807, 2.05) is 30.3 Å². The van der Waals surface area contributed by atoms with Crippen LogP contribution in [0, 0.1) is 17.0 Å². The average Bonchev–Trinajstić information content (AvgIpc) is 2.36. The number of nitrogens with zero attached hydrogens (tertiary/aromatic N) is 1. The molecule has 0 aliphatic carbocycles. The first-order valence-electron chi connectivity index (χ1n) is 5.72. The van der Waals surface area contributed by atoms with Crippen LogP contribution in [0.4, 0.5) is 5.69 Å². The molecule has 19 heavy (non-hydrogen) atoms. The van der Waals surface area contributed by atoms with Gasteiger partial charge in [0.15, 0.2) is 0 Å². The van der Waals surface area contributed by atoms with Gasteiger partial charge in [-0.3, -0.25) is 10.1 Å². The first-order chi connectivity index (χ1) is 9.08. The number of phenols is 1. The normalized spacial score (nSPS) is 10.2. The molecular formula is C14H13NO4. The fourth-order valence-electron chi connectivity index (χ4n) is 1.81. The van der Waals surface area contributed by atoms with E-state index in [1.54, 1.807) is 6.92 Å². The molecule has 0 spiro atoms. The fraction of sp³-hybridized carbons (Fsp3) is 0.143. The maximum absolute atomic E-state index is 11.0. The maximum Gasteiger partial charge on any atom is 0.314 e. The van der Waals surface area contributed by atoms with Crippen molar-refractivity contribution in [1.82, 2.24) is 0 Å². The van der Waals surface area contributed by atoms with E-state index in [-0.39, 0.29) is 23.8 Å². The molecule has 1 N–H and O–H groups in total. The van der Waals surface area contributed by atoms with Gasteiger partial charge in [0.05, 0.1) is 4.92 Å². The maximum atomic E-state index is 11.0. The highest BCUT2D eigenvalue weighted by molar-refractivity contribution is 5.56. The molecule has 0 aliphatic rings. The van der Waals surface area contributed by atoms with Crippen molar-refractivity contribution in [1.29, 1.82) is 0 Å². The van der Waals surface area contributed by atoms with Crippen molar-refractivity contribution in [3.05, 3.63) is 63.7 Å². The zero-order chi connectivity index (χ0) is 13.8. The van der Waals surface area contributed by atoms with Crippen LogP contribution in [0.15, 0.2) is 42.5 Å². The summed E-state index contributed by atoms with van der Waals surface area (Å²) in [4.78, 5) is 10.5. The van der Waals surface area contributed by atoms with Crippen LogP contribution in [0.1, 0.15) is 11.1 Å². The van der Waals surface area contributed by atoms with E-state index in [4.69, 9.17) is 4.74 Å². The molecule has 0 aromatic heterocycles. The monoisotopic (exact) mass is 259 g/mol. The van der Waals surface area contributed by atoms with Crippen LogP contribution in [0.3, 0.4) is 0 Å². The Morgan fingerprint density at radius 3 is 2.58 bits per heavy atom. The lowest BCUT2D eigenvalue weighted by atomic mass is 10.1. The number of nitro groups is 1. The van der Waals surface area contributed by atoms with Crippen molar-refractivity contribution in [2.45, 2.75) is 13.5 Å². The molecule has 0 atom stereocenters. The van der Waals surface area contributed by atoms with Crippen LogP contribution in [-0.2, 0) is 6.61 Å². The number of ether oxygens (including phenoxy) is 1. The SMILES string of the molecule is Cc1cc(O)cc(OCc2ccccc2)c1[N+](=O)[O-]. The molecule has 0 aliphatic heterocycles. The minimum Gasteiger partial charge on any atom is -0.508 e. The Morgan fingerprint density at radius 1 is 1.26 bits per heavy atom. The summed E-state index contributed by atoms with van der Waals surface area (Å²) < 4.78 is 5.44. The van der Waals surface area contributed by atoms with E-state index in [2.05, 4.69) is 0 Å². The summed E-state index contributed by atoms with van der Waals surface area (Å²) in [5.74, 6) is 0.0255. The van der Waals surface area contributed by atoms with E-state index >= 15 is 0 Å². The third-order valence-electron chi connectivity index (χ3n) is 2.67. The minimum atomic E-state index is -0.505. The van der Waals surface area contributed by atoms with E-state index < -0.39 is 4.92 Å². The quantitative estimate of drug-likeness (QED) is 0.676. The van der Waals surface area contributed by atoms with Crippen LogP contribution >= 0.6 is 0 Å². The van der Waals surface area contributed by atoms with Crippen molar-refractivity contribution >= 4 is 5.69 Å². The molecule has 0 bridgehead atoms. The highest BCUT2D eigenvalue weighted by Gasteiger charge is 2.20. The molecule has 0 saturated heterocycles. The number of benzene rings is 2. The van der Waals surface area contributed by atoms with Gasteiger partial charge in [-0.25, -0.2) is 0 Å². The molecule has 5 nitrogen and oxygen atoms in total. The van der Waals surface area contributed by atoms with E-state index in [0.29, 0.717) is 5.56 Å². The van der Waals surface area contributed by atoms with E-state index in [0.717, 1.165) is 5.56 Å². The Labute approximate surface area is 110 Å². The number of aromatic hydroxyl groups is 1. The summed E-state index contributed by atoms with van der Waals surface area (Å²) in [6.45, 7) is 1.78. The lowest BCUT2D eigenvalue weighted by Crippen LogP contribution is -2.00. The number of nitro benzene ring substituents is 1. The third kappa shape index (κ3) is 3.01. The van der Waals surface area contributed by atoms with Crippen molar-refractivity contribution in [2.24, 2.45) is 0 Å². The molecule has 0 fully saturated rings. The van der Waals surface area contributed by atoms with Crippen LogP contribution in [0.25, 0.3) is 0 Å². The second-order valence-electron chi connectivity index (χ2n) is 4.14. The number of rotatable bonds is 4. The Morgan fingerprint density at radius 2 is 1.95 bits per heavy atom. The standard InChI is InChI=1S/C14H13NO4/c1-10-7-12(16)8-13(14(10)15(17)18)19-9-11-5-3-2-4-6-11/h2-8,16H,9H2,1H3. The van der Waals surface area contributed by atoms with Gasteiger partial charge < -0.3 is 9.84 Å². The van der Waals surface area contributed by atoms with Gasteiger partial charge in [0.25, 0.3) is 0 Å². The van der Waals surface area contributed by atoms with Gasteiger partial charge in [0, 0.05) is 11.6 Å². The highest BCUT2D eigenvalue weighted by atomic mass is 16.6. The summed E-state index contributed by atoms with van der Waals surface area (Å²) in [5.41, 5.74) is 1.15. The van der Waals surface area contributed by atoms with Gasteiger partial charge in [-0.2, -0.15) is 0 Å². The Bertz CT molecular complexity index is 596. The second kappa shape index (κ2) is 5.39. The van der Waals surface area contributed by atoms with Gasteiger partial charge in [-0.1, -0.05) is 30.3 Å². The summed E-state index contributed by atoms with van der Waals surface area (Å²) in [5, 5.41) is 20.5. The molecule has 98 valence electrons. The van der Waals surface area contributed by atoms with Crippen molar-refractivity contribution in [3.8, 4) is 11.5 Å².